The molecular formula is C17H21Cl2N3O3S. The molecule has 0 bridgehead atoms. The van der Waals surface area contributed by atoms with Crippen LogP contribution in [-0.4, -0.2) is 48.3 Å². The van der Waals surface area contributed by atoms with Crippen molar-refractivity contribution in [3.8, 4) is 22.1 Å². The fraction of sp³-hybridized carbons (Fsp3) is 0.412. The predicted molar refractivity (Wildman–Crippen MR) is 106 cm³/mol. The van der Waals surface area contributed by atoms with Gasteiger partial charge in [0.2, 0.25) is 12.7 Å². The highest BCUT2D eigenvalue weighted by Gasteiger charge is 2.21. The maximum absolute atomic E-state index is 12.4. The summed E-state index contributed by atoms with van der Waals surface area (Å²) in [5.74, 6) is 1.65. The van der Waals surface area contributed by atoms with Crippen LogP contribution < -0.4 is 14.8 Å². The Morgan fingerprint density at radius 1 is 1.35 bits per heavy atom. The monoisotopic (exact) mass is 417 g/mol. The van der Waals surface area contributed by atoms with Gasteiger partial charge in [-0.3, -0.25) is 4.79 Å². The Balaban J connectivity index is 0.00000121. The molecular weight excluding hydrogens is 397 g/mol. The van der Waals surface area contributed by atoms with Gasteiger partial charge in [-0.2, -0.15) is 0 Å². The number of piperazine rings is 1. The van der Waals surface area contributed by atoms with Crippen molar-refractivity contribution in [1.29, 1.82) is 0 Å². The van der Waals surface area contributed by atoms with E-state index in [9.17, 15) is 4.79 Å². The highest BCUT2D eigenvalue weighted by molar-refractivity contribution is 7.13. The number of nitrogens with one attached hydrogen (secondary N) is 1. The van der Waals surface area contributed by atoms with Crippen LogP contribution in [0.5, 0.6) is 11.5 Å². The molecule has 1 aromatic heterocycles. The first-order chi connectivity index (χ1) is 11.7. The molecule has 1 amide bonds. The zero-order valence-electron chi connectivity index (χ0n) is 14.3. The van der Waals surface area contributed by atoms with Gasteiger partial charge in [0.1, 0.15) is 5.01 Å². The fourth-order valence-electron chi connectivity index (χ4n) is 2.98. The molecule has 1 atom stereocenters. The summed E-state index contributed by atoms with van der Waals surface area (Å²) in [6.45, 7) is 4.74. The quantitative estimate of drug-likeness (QED) is 0.831. The second-order valence-electron chi connectivity index (χ2n) is 6.08. The zero-order valence-corrected chi connectivity index (χ0v) is 16.7. The Morgan fingerprint density at radius 3 is 2.96 bits per heavy atom. The van der Waals surface area contributed by atoms with Crippen LogP contribution in [0, 0.1) is 0 Å². The average Bonchev–Trinajstić information content (AvgIpc) is 3.23. The standard InChI is InChI=1S/C17H19N3O3S.2ClH/c1-11-8-20(5-4-18-11)16(21)7-13-9-24-17(19-13)12-2-3-14-15(6-12)23-10-22-14;;/h2-3,6,9,11,18H,4-5,7-8,10H2,1H3;2*1H. The fourth-order valence-corrected chi connectivity index (χ4v) is 3.79. The molecule has 1 fully saturated rings. The molecule has 0 spiro atoms. The largest absolute Gasteiger partial charge is 0.454 e. The number of rotatable bonds is 3. The number of hydrogen-bond acceptors (Lipinski definition) is 6. The first-order valence-electron chi connectivity index (χ1n) is 8.04. The van der Waals surface area contributed by atoms with Crippen LogP contribution in [0.2, 0.25) is 0 Å². The van der Waals surface area contributed by atoms with Crippen molar-refractivity contribution in [2.45, 2.75) is 19.4 Å². The summed E-state index contributed by atoms with van der Waals surface area (Å²) in [5, 5.41) is 6.20. The Kier molecular flexibility index (Phi) is 7.11. The van der Waals surface area contributed by atoms with Gasteiger partial charge >= 0.3 is 0 Å². The van der Waals surface area contributed by atoms with Crippen molar-refractivity contribution in [1.82, 2.24) is 15.2 Å². The van der Waals surface area contributed by atoms with E-state index < -0.39 is 0 Å². The van der Waals surface area contributed by atoms with E-state index in [0.29, 0.717) is 12.5 Å². The molecule has 2 aliphatic rings. The molecule has 0 radical (unpaired) electrons. The molecule has 6 nitrogen and oxygen atoms in total. The summed E-state index contributed by atoms with van der Waals surface area (Å²) in [4.78, 5) is 19.0. The molecule has 1 N–H and O–H groups in total. The summed E-state index contributed by atoms with van der Waals surface area (Å²) in [6, 6.07) is 6.15. The molecule has 1 saturated heterocycles. The number of ether oxygens (including phenoxy) is 2. The second kappa shape index (κ2) is 8.90. The maximum atomic E-state index is 12.4. The summed E-state index contributed by atoms with van der Waals surface area (Å²) in [6.07, 6.45) is 0.355. The van der Waals surface area contributed by atoms with Gasteiger partial charge in [-0.05, 0) is 25.1 Å². The van der Waals surface area contributed by atoms with Gasteiger partial charge in [-0.1, -0.05) is 0 Å². The lowest BCUT2D eigenvalue weighted by Crippen LogP contribution is -2.51. The van der Waals surface area contributed by atoms with Gasteiger partial charge < -0.3 is 19.7 Å². The maximum Gasteiger partial charge on any atom is 0.231 e. The van der Waals surface area contributed by atoms with Gasteiger partial charge in [0.25, 0.3) is 0 Å². The number of hydrogen-bond donors (Lipinski definition) is 1. The van der Waals surface area contributed by atoms with E-state index in [2.05, 4.69) is 17.2 Å². The summed E-state index contributed by atoms with van der Waals surface area (Å²) < 4.78 is 10.7. The van der Waals surface area contributed by atoms with E-state index in [-0.39, 0.29) is 37.5 Å². The van der Waals surface area contributed by atoms with E-state index in [4.69, 9.17) is 9.47 Å². The molecule has 3 heterocycles. The van der Waals surface area contributed by atoms with Crippen LogP contribution in [0.25, 0.3) is 10.6 Å². The number of fused-ring (bicyclic) bond motifs is 1. The zero-order chi connectivity index (χ0) is 16.5. The van der Waals surface area contributed by atoms with E-state index in [0.717, 1.165) is 47.4 Å². The van der Waals surface area contributed by atoms with Crippen LogP contribution in [0.4, 0.5) is 0 Å². The van der Waals surface area contributed by atoms with Crippen molar-refractivity contribution in [2.24, 2.45) is 0 Å². The lowest BCUT2D eigenvalue weighted by molar-refractivity contribution is -0.131. The number of carbonyl (C=O) groups excluding carboxylic acids is 1. The lowest BCUT2D eigenvalue weighted by atomic mass is 10.2. The van der Waals surface area contributed by atoms with Crippen LogP contribution >= 0.6 is 36.2 Å². The van der Waals surface area contributed by atoms with Crippen LogP contribution in [0.3, 0.4) is 0 Å². The molecule has 142 valence electrons. The molecule has 9 heteroatoms. The third-order valence-corrected chi connectivity index (χ3v) is 5.17. The minimum Gasteiger partial charge on any atom is -0.454 e. The number of thiazole rings is 1. The Labute approximate surface area is 168 Å². The van der Waals surface area contributed by atoms with Gasteiger partial charge in [0, 0.05) is 36.6 Å². The highest BCUT2D eigenvalue weighted by Crippen LogP contribution is 2.36. The molecule has 2 aliphatic heterocycles. The smallest absolute Gasteiger partial charge is 0.231 e. The van der Waals surface area contributed by atoms with Crippen molar-refractivity contribution >= 4 is 42.1 Å². The number of aromatic nitrogens is 1. The van der Waals surface area contributed by atoms with Crippen molar-refractivity contribution in [3.63, 3.8) is 0 Å². The predicted octanol–water partition coefficient (Wildman–Crippen LogP) is 2.75. The number of amides is 1. The first kappa shape index (κ1) is 20.8. The molecule has 0 aliphatic carbocycles. The van der Waals surface area contributed by atoms with Gasteiger partial charge in [-0.25, -0.2) is 4.98 Å². The average molecular weight is 418 g/mol. The topological polar surface area (TPSA) is 63.7 Å². The van der Waals surface area contributed by atoms with Crippen LogP contribution in [-0.2, 0) is 11.2 Å². The second-order valence-corrected chi connectivity index (χ2v) is 6.94. The number of halogens is 2. The first-order valence-corrected chi connectivity index (χ1v) is 8.92. The molecule has 1 unspecified atom stereocenters. The minimum absolute atomic E-state index is 0. The van der Waals surface area contributed by atoms with E-state index >= 15 is 0 Å². The van der Waals surface area contributed by atoms with Gasteiger partial charge in [0.15, 0.2) is 11.5 Å². The minimum atomic E-state index is 0. The Bertz CT molecular complexity index is 771. The van der Waals surface area contributed by atoms with Crippen molar-refractivity contribution in [3.05, 3.63) is 29.3 Å². The molecule has 2 aromatic rings. The summed E-state index contributed by atoms with van der Waals surface area (Å²) in [7, 11) is 0. The van der Waals surface area contributed by atoms with Crippen LogP contribution in [0.1, 0.15) is 12.6 Å². The summed E-state index contributed by atoms with van der Waals surface area (Å²) >= 11 is 1.55. The van der Waals surface area contributed by atoms with Crippen LogP contribution in [0.15, 0.2) is 23.6 Å². The van der Waals surface area contributed by atoms with E-state index in [1.54, 1.807) is 11.3 Å². The Morgan fingerprint density at radius 2 is 2.15 bits per heavy atom. The summed E-state index contributed by atoms with van der Waals surface area (Å²) in [5.41, 5.74) is 1.81. The molecule has 0 saturated carbocycles. The van der Waals surface area contributed by atoms with E-state index in [1.165, 1.54) is 0 Å². The van der Waals surface area contributed by atoms with Crippen molar-refractivity contribution in [2.75, 3.05) is 26.4 Å². The third-order valence-electron chi connectivity index (χ3n) is 4.23. The highest BCUT2D eigenvalue weighted by atomic mass is 35.5. The molecule has 26 heavy (non-hydrogen) atoms. The number of nitrogens with zero attached hydrogens (tertiary/aromatic N) is 2. The normalized spacial score (nSPS) is 18.0. The number of benzene rings is 1. The van der Waals surface area contributed by atoms with Gasteiger partial charge in [0.05, 0.1) is 12.1 Å². The van der Waals surface area contributed by atoms with E-state index in [1.807, 2.05) is 28.5 Å². The molecule has 1 aromatic carbocycles. The molecule has 4 rings (SSSR count). The third kappa shape index (κ3) is 4.40. The van der Waals surface area contributed by atoms with Crippen molar-refractivity contribution < 1.29 is 14.3 Å². The Hall–Kier alpha value is -1.54. The number of carbonyl (C=O) groups is 1. The SMILES string of the molecule is CC1CN(C(=O)Cc2csc(-c3ccc4c(c3)OCO4)n2)CCN1.Cl.Cl. The van der Waals surface area contributed by atoms with Gasteiger partial charge in [-0.15, -0.1) is 36.2 Å². The lowest BCUT2D eigenvalue weighted by Gasteiger charge is -2.31.